The molecule has 0 radical (unpaired) electrons. The lowest BCUT2D eigenvalue weighted by Crippen LogP contribution is -2.14. The minimum Gasteiger partial charge on any atom is -0.373 e. The fraction of sp³-hybridized carbons (Fsp3) is 0.300. The smallest absolute Gasteiger partial charge is 0.373 e. The number of alkyl halides is 3. The number of anilines is 2. The van der Waals surface area contributed by atoms with E-state index >= 15 is 0 Å². The van der Waals surface area contributed by atoms with Gasteiger partial charge in [0.05, 0.1) is 12.7 Å². The van der Waals surface area contributed by atoms with Crippen molar-refractivity contribution < 1.29 is 17.7 Å². The minimum atomic E-state index is -4.60. The van der Waals surface area contributed by atoms with Crippen LogP contribution in [0.5, 0.6) is 0 Å². The molecule has 9 heteroatoms. The lowest BCUT2D eigenvalue weighted by atomic mass is 10.4. The highest BCUT2D eigenvalue weighted by Gasteiger charge is 2.35. The van der Waals surface area contributed by atoms with Gasteiger partial charge in [0.25, 0.3) is 0 Å². The van der Waals surface area contributed by atoms with Crippen LogP contribution < -0.4 is 10.6 Å². The summed E-state index contributed by atoms with van der Waals surface area (Å²) < 4.78 is 42.6. The Labute approximate surface area is 106 Å². The SMILES string of the molecule is CNc1cc(NCc2ccno2)nc(C(F)(F)F)n1. The van der Waals surface area contributed by atoms with E-state index in [0.717, 1.165) is 0 Å². The van der Waals surface area contributed by atoms with Gasteiger partial charge in [-0.3, -0.25) is 0 Å². The third-order valence-electron chi connectivity index (χ3n) is 2.17. The average Bonchev–Trinajstić information content (AvgIpc) is 2.88. The van der Waals surface area contributed by atoms with Crippen LogP contribution in [0.15, 0.2) is 22.9 Å². The van der Waals surface area contributed by atoms with E-state index in [4.69, 9.17) is 4.52 Å². The van der Waals surface area contributed by atoms with E-state index in [9.17, 15) is 13.2 Å². The number of aromatic nitrogens is 3. The summed E-state index contributed by atoms with van der Waals surface area (Å²) in [5.74, 6) is -0.608. The summed E-state index contributed by atoms with van der Waals surface area (Å²) in [6, 6.07) is 2.96. The van der Waals surface area contributed by atoms with E-state index in [1.807, 2.05) is 0 Å². The first-order chi connectivity index (χ1) is 8.99. The summed E-state index contributed by atoms with van der Waals surface area (Å²) in [5, 5.41) is 8.74. The Kier molecular flexibility index (Phi) is 3.54. The summed E-state index contributed by atoms with van der Waals surface area (Å²) >= 11 is 0. The molecule has 102 valence electrons. The highest BCUT2D eigenvalue weighted by Crippen LogP contribution is 2.28. The molecule has 0 aliphatic heterocycles. The molecule has 0 bridgehead atoms. The summed E-state index contributed by atoms with van der Waals surface area (Å²) in [6.07, 6.45) is -3.16. The molecule has 0 aliphatic rings. The van der Waals surface area contributed by atoms with Crippen LogP contribution in [-0.4, -0.2) is 22.2 Å². The van der Waals surface area contributed by atoms with Gasteiger partial charge in [-0.05, 0) is 0 Å². The van der Waals surface area contributed by atoms with Crippen molar-refractivity contribution in [3.05, 3.63) is 29.9 Å². The van der Waals surface area contributed by atoms with Crippen LogP contribution in [0.3, 0.4) is 0 Å². The van der Waals surface area contributed by atoms with E-state index in [1.165, 1.54) is 19.3 Å². The standard InChI is InChI=1S/C10H10F3N5O/c1-14-7-4-8(15-5-6-2-3-16-19-6)18-9(17-7)10(11,12)13/h2-4H,5H2,1H3,(H2,14,15,17,18). The Morgan fingerprint density at radius 2 is 2.00 bits per heavy atom. The number of hydrogen-bond donors (Lipinski definition) is 2. The van der Waals surface area contributed by atoms with Crippen LogP contribution in [0.2, 0.25) is 0 Å². The molecule has 0 aliphatic carbocycles. The summed E-state index contributed by atoms with van der Waals surface area (Å²) in [7, 11) is 1.47. The largest absolute Gasteiger partial charge is 0.451 e. The maximum atomic E-state index is 12.6. The van der Waals surface area contributed by atoms with Crippen molar-refractivity contribution in [1.29, 1.82) is 0 Å². The molecular formula is C10H10F3N5O. The second kappa shape index (κ2) is 5.12. The molecule has 0 aromatic carbocycles. The van der Waals surface area contributed by atoms with Gasteiger partial charge < -0.3 is 15.2 Å². The highest BCUT2D eigenvalue weighted by molar-refractivity contribution is 5.47. The highest BCUT2D eigenvalue weighted by atomic mass is 19.4. The number of nitrogens with one attached hydrogen (secondary N) is 2. The molecule has 2 aromatic rings. The van der Waals surface area contributed by atoms with Crippen molar-refractivity contribution >= 4 is 11.6 Å². The van der Waals surface area contributed by atoms with Crippen LogP contribution in [0, 0.1) is 0 Å². The molecule has 0 saturated carbocycles. The van der Waals surface area contributed by atoms with Crippen LogP contribution in [0.1, 0.15) is 11.6 Å². The van der Waals surface area contributed by atoms with Crippen molar-refractivity contribution in [3.63, 3.8) is 0 Å². The van der Waals surface area contributed by atoms with Crippen LogP contribution in [0.25, 0.3) is 0 Å². The summed E-state index contributed by atoms with van der Waals surface area (Å²) in [4.78, 5) is 6.75. The van der Waals surface area contributed by atoms with E-state index < -0.39 is 12.0 Å². The molecule has 2 aromatic heterocycles. The zero-order chi connectivity index (χ0) is 13.9. The van der Waals surface area contributed by atoms with Crippen molar-refractivity contribution in [1.82, 2.24) is 15.1 Å². The molecule has 0 saturated heterocycles. The first kappa shape index (κ1) is 13.1. The Morgan fingerprint density at radius 3 is 2.58 bits per heavy atom. The Bertz CT molecular complexity index is 541. The normalized spacial score (nSPS) is 11.4. The average molecular weight is 273 g/mol. The maximum Gasteiger partial charge on any atom is 0.451 e. The second-order valence-corrected chi connectivity index (χ2v) is 3.54. The number of nitrogens with zero attached hydrogens (tertiary/aromatic N) is 3. The lowest BCUT2D eigenvalue weighted by molar-refractivity contribution is -0.144. The van der Waals surface area contributed by atoms with Crippen molar-refractivity contribution in [2.75, 3.05) is 17.7 Å². The third-order valence-corrected chi connectivity index (χ3v) is 2.17. The molecule has 0 amide bonds. The van der Waals surface area contributed by atoms with E-state index in [0.29, 0.717) is 5.76 Å². The van der Waals surface area contributed by atoms with Gasteiger partial charge in [0, 0.05) is 19.2 Å². The third kappa shape index (κ3) is 3.33. The van der Waals surface area contributed by atoms with Crippen LogP contribution in [0.4, 0.5) is 24.8 Å². The molecule has 0 spiro atoms. The first-order valence-electron chi connectivity index (χ1n) is 5.26. The van der Waals surface area contributed by atoms with Crippen molar-refractivity contribution in [2.45, 2.75) is 12.7 Å². The molecule has 0 unspecified atom stereocenters. The van der Waals surface area contributed by atoms with E-state index in [2.05, 4.69) is 25.8 Å². The van der Waals surface area contributed by atoms with E-state index in [1.54, 1.807) is 6.07 Å². The zero-order valence-corrected chi connectivity index (χ0v) is 9.82. The summed E-state index contributed by atoms with van der Waals surface area (Å²) in [6.45, 7) is 0.178. The first-order valence-corrected chi connectivity index (χ1v) is 5.26. The molecule has 2 N–H and O–H groups in total. The second-order valence-electron chi connectivity index (χ2n) is 3.54. The van der Waals surface area contributed by atoms with Crippen molar-refractivity contribution in [2.24, 2.45) is 0 Å². The van der Waals surface area contributed by atoms with Gasteiger partial charge in [0.1, 0.15) is 11.6 Å². The predicted octanol–water partition coefficient (Wildman–Crippen LogP) is 2.14. The summed E-state index contributed by atoms with van der Waals surface area (Å²) in [5.41, 5.74) is 0. The maximum absolute atomic E-state index is 12.6. The van der Waals surface area contributed by atoms with Gasteiger partial charge in [-0.25, -0.2) is 9.97 Å². The quantitative estimate of drug-likeness (QED) is 0.888. The minimum absolute atomic E-state index is 0.0445. The number of rotatable bonds is 4. The Hall–Kier alpha value is -2.32. The molecule has 6 nitrogen and oxygen atoms in total. The molecule has 2 heterocycles. The number of hydrogen-bond acceptors (Lipinski definition) is 6. The zero-order valence-electron chi connectivity index (χ0n) is 9.82. The number of halogens is 3. The fourth-order valence-electron chi connectivity index (χ4n) is 1.30. The molecule has 19 heavy (non-hydrogen) atoms. The van der Waals surface area contributed by atoms with Gasteiger partial charge in [-0.2, -0.15) is 13.2 Å². The molecular weight excluding hydrogens is 263 g/mol. The Morgan fingerprint density at radius 1 is 1.26 bits per heavy atom. The van der Waals surface area contributed by atoms with Gasteiger partial charge >= 0.3 is 6.18 Å². The fourth-order valence-corrected chi connectivity index (χ4v) is 1.30. The Balaban J connectivity index is 2.19. The molecule has 0 fully saturated rings. The van der Waals surface area contributed by atoms with Gasteiger partial charge in [-0.1, -0.05) is 5.16 Å². The predicted molar refractivity (Wildman–Crippen MR) is 60.4 cm³/mol. The van der Waals surface area contributed by atoms with Crippen LogP contribution in [-0.2, 0) is 12.7 Å². The van der Waals surface area contributed by atoms with Crippen molar-refractivity contribution in [3.8, 4) is 0 Å². The molecule has 2 rings (SSSR count). The van der Waals surface area contributed by atoms with Gasteiger partial charge in [-0.15, -0.1) is 0 Å². The molecule has 0 atom stereocenters. The van der Waals surface area contributed by atoms with E-state index in [-0.39, 0.29) is 18.2 Å². The lowest BCUT2D eigenvalue weighted by Gasteiger charge is -2.10. The topological polar surface area (TPSA) is 75.9 Å². The van der Waals surface area contributed by atoms with Gasteiger partial charge in [0.15, 0.2) is 5.76 Å². The van der Waals surface area contributed by atoms with Crippen LogP contribution >= 0.6 is 0 Å². The van der Waals surface area contributed by atoms with Gasteiger partial charge in [0.2, 0.25) is 5.82 Å². The monoisotopic (exact) mass is 273 g/mol.